The van der Waals surface area contributed by atoms with Crippen molar-refractivity contribution in [3.63, 3.8) is 0 Å². The Morgan fingerprint density at radius 1 is 1.00 bits per heavy atom. The smallest absolute Gasteiger partial charge is 0.247 e. The molecule has 0 aliphatic rings. The summed E-state index contributed by atoms with van der Waals surface area (Å²) < 4.78 is 16.4. The quantitative estimate of drug-likeness (QED) is 0.719. The molecule has 5 nitrogen and oxygen atoms in total. The Labute approximate surface area is 128 Å². The maximum Gasteiger partial charge on any atom is 0.247 e. The average Bonchev–Trinajstić information content (AvgIpc) is 3.00. The molecular weight excluding hydrogens is 280 g/mol. The molecule has 0 atom stereocenters. The highest BCUT2D eigenvalue weighted by atomic mass is 16.5. The van der Waals surface area contributed by atoms with Gasteiger partial charge in [0, 0.05) is 12.5 Å². The normalized spacial score (nSPS) is 10.5. The van der Waals surface area contributed by atoms with Crippen LogP contribution in [0.3, 0.4) is 0 Å². The van der Waals surface area contributed by atoms with Crippen LogP contribution in [0.1, 0.15) is 11.5 Å². The molecule has 0 bridgehead atoms. The molecule has 0 aliphatic carbocycles. The molecule has 0 spiro atoms. The van der Waals surface area contributed by atoms with Crippen molar-refractivity contribution in [3.05, 3.63) is 60.0 Å². The Balaban J connectivity index is 1.70. The molecule has 0 saturated heterocycles. The average molecular weight is 296 g/mol. The van der Waals surface area contributed by atoms with Crippen LogP contribution in [0.2, 0.25) is 0 Å². The predicted molar refractivity (Wildman–Crippen MR) is 81.8 cm³/mol. The number of rotatable bonds is 5. The first-order chi connectivity index (χ1) is 10.7. The second-order valence-corrected chi connectivity index (χ2v) is 4.79. The number of hydrogen-bond donors (Lipinski definition) is 0. The van der Waals surface area contributed by atoms with Gasteiger partial charge in [0.2, 0.25) is 11.8 Å². The molecule has 3 aromatic rings. The highest BCUT2D eigenvalue weighted by molar-refractivity contribution is 5.55. The molecule has 3 rings (SSSR count). The van der Waals surface area contributed by atoms with E-state index in [2.05, 4.69) is 10.2 Å². The largest absolute Gasteiger partial charge is 0.497 e. The Morgan fingerprint density at radius 2 is 1.82 bits per heavy atom. The van der Waals surface area contributed by atoms with Crippen LogP contribution in [0.4, 0.5) is 0 Å². The van der Waals surface area contributed by atoms with Crippen LogP contribution in [0.15, 0.2) is 52.9 Å². The molecule has 22 heavy (non-hydrogen) atoms. The fraction of sp³-hybridized carbons (Fsp3) is 0.176. The zero-order valence-electron chi connectivity index (χ0n) is 12.4. The van der Waals surface area contributed by atoms with E-state index in [1.807, 2.05) is 48.5 Å². The molecule has 0 radical (unpaired) electrons. The third-order valence-corrected chi connectivity index (χ3v) is 3.17. The Bertz CT molecular complexity index is 751. The highest BCUT2D eigenvalue weighted by Gasteiger charge is 2.07. The van der Waals surface area contributed by atoms with Crippen LogP contribution in [-0.2, 0) is 6.61 Å². The monoisotopic (exact) mass is 296 g/mol. The van der Waals surface area contributed by atoms with Crippen LogP contribution < -0.4 is 9.47 Å². The summed E-state index contributed by atoms with van der Waals surface area (Å²) in [6.45, 7) is 2.25. The number of ether oxygens (including phenoxy) is 2. The van der Waals surface area contributed by atoms with E-state index in [0.29, 0.717) is 18.4 Å². The first-order valence-corrected chi connectivity index (χ1v) is 6.91. The molecule has 1 aromatic heterocycles. The minimum absolute atomic E-state index is 0.482. The van der Waals surface area contributed by atoms with E-state index in [9.17, 15) is 0 Å². The van der Waals surface area contributed by atoms with Gasteiger partial charge < -0.3 is 13.9 Å². The number of methoxy groups -OCH3 is 1. The van der Waals surface area contributed by atoms with E-state index in [1.54, 1.807) is 14.0 Å². The van der Waals surface area contributed by atoms with Crippen LogP contribution in [0.5, 0.6) is 11.5 Å². The summed E-state index contributed by atoms with van der Waals surface area (Å²) in [4.78, 5) is 0. The van der Waals surface area contributed by atoms with Gasteiger partial charge in [-0.25, -0.2) is 0 Å². The van der Waals surface area contributed by atoms with Crippen LogP contribution in [0.25, 0.3) is 11.5 Å². The second-order valence-electron chi connectivity index (χ2n) is 4.79. The summed E-state index contributed by atoms with van der Waals surface area (Å²) in [5.74, 6) is 2.62. The lowest BCUT2D eigenvalue weighted by Crippen LogP contribution is -1.95. The predicted octanol–water partition coefficient (Wildman–Crippen LogP) is 3.63. The molecule has 0 amide bonds. The molecule has 0 N–H and O–H groups in total. The molecule has 112 valence electrons. The van der Waals surface area contributed by atoms with Gasteiger partial charge in [-0.3, -0.25) is 0 Å². The summed E-state index contributed by atoms with van der Waals surface area (Å²) >= 11 is 0. The van der Waals surface area contributed by atoms with Gasteiger partial charge >= 0.3 is 0 Å². The topological polar surface area (TPSA) is 57.4 Å². The van der Waals surface area contributed by atoms with Crippen LogP contribution in [0, 0.1) is 6.92 Å². The number of aryl methyl sites for hydroxylation is 1. The standard InChI is InChI=1S/C17H16N2O3/c1-12-18-19-17(22-12)14-4-3-5-16(10-14)21-11-13-6-8-15(20-2)9-7-13/h3-10H,11H2,1-2H3. The summed E-state index contributed by atoms with van der Waals surface area (Å²) in [7, 11) is 1.65. The molecule has 0 aliphatic heterocycles. The zero-order valence-corrected chi connectivity index (χ0v) is 12.4. The summed E-state index contributed by atoms with van der Waals surface area (Å²) in [6, 6.07) is 15.4. The maximum absolute atomic E-state index is 5.80. The van der Waals surface area contributed by atoms with E-state index in [4.69, 9.17) is 13.9 Å². The Kier molecular flexibility index (Phi) is 4.05. The second kappa shape index (κ2) is 6.30. The summed E-state index contributed by atoms with van der Waals surface area (Å²) in [5, 5.41) is 7.84. The van der Waals surface area contributed by atoms with E-state index >= 15 is 0 Å². The fourth-order valence-corrected chi connectivity index (χ4v) is 2.02. The van der Waals surface area contributed by atoms with Crippen molar-refractivity contribution in [3.8, 4) is 23.0 Å². The first-order valence-electron chi connectivity index (χ1n) is 6.91. The number of hydrogen-bond acceptors (Lipinski definition) is 5. The van der Waals surface area contributed by atoms with E-state index in [1.165, 1.54) is 0 Å². The fourth-order valence-electron chi connectivity index (χ4n) is 2.02. The van der Waals surface area contributed by atoms with E-state index < -0.39 is 0 Å². The molecule has 2 aromatic carbocycles. The van der Waals surface area contributed by atoms with Crippen LogP contribution >= 0.6 is 0 Å². The lowest BCUT2D eigenvalue weighted by molar-refractivity contribution is 0.306. The number of benzene rings is 2. The van der Waals surface area contributed by atoms with Crippen molar-refractivity contribution in [1.29, 1.82) is 0 Å². The van der Waals surface area contributed by atoms with E-state index in [0.717, 1.165) is 22.6 Å². The number of aromatic nitrogens is 2. The van der Waals surface area contributed by atoms with Crippen molar-refractivity contribution in [2.45, 2.75) is 13.5 Å². The molecule has 0 unspecified atom stereocenters. The van der Waals surface area contributed by atoms with Gasteiger partial charge in [0.05, 0.1) is 7.11 Å². The van der Waals surface area contributed by atoms with Gasteiger partial charge in [-0.2, -0.15) is 0 Å². The minimum atomic E-state index is 0.482. The van der Waals surface area contributed by atoms with Gasteiger partial charge in [0.15, 0.2) is 0 Å². The summed E-state index contributed by atoms with van der Waals surface area (Å²) in [5.41, 5.74) is 1.91. The van der Waals surface area contributed by atoms with Crippen molar-refractivity contribution in [1.82, 2.24) is 10.2 Å². The van der Waals surface area contributed by atoms with Gasteiger partial charge in [-0.1, -0.05) is 18.2 Å². The Hall–Kier alpha value is -2.82. The zero-order chi connectivity index (χ0) is 15.4. The molecule has 0 saturated carbocycles. The summed E-state index contributed by atoms with van der Waals surface area (Å²) in [6.07, 6.45) is 0. The van der Waals surface area contributed by atoms with Gasteiger partial charge in [-0.05, 0) is 35.9 Å². The van der Waals surface area contributed by atoms with Gasteiger partial charge in [0.25, 0.3) is 0 Å². The maximum atomic E-state index is 5.80. The van der Waals surface area contributed by atoms with Crippen molar-refractivity contribution in [2.75, 3.05) is 7.11 Å². The Morgan fingerprint density at radius 3 is 2.50 bits per heavy atom. The highest BCUT2D eigenvalue weighted by Crippen LogP contribution is 2.23. The van der Waals surface area contributed by atoms with Crippen molar-refractivity contribution in [2.24, 2.45) is 0 Å². The molecule has 5 heteroatoms. The lowest BCUT2D eigenvalue weighted by Gasteiger charge is -2.07. The number of nitrogens with zero attached hydrogens (tertiary/aromatic N) is 2. The molecule has 0 fully saturated rings. The lowest BCUT2D eigenvalue weighted by atomic mass is 10.2. The van der Waals surface area contributed by atoms with Crippen molar-refractivity contribution < 1.29 is 13.9 Å². The third-order valence-electron chi connectivity index (χ3n) is 3.17. The van der Waals surface area contributed by atoms with Gasteiger partial charge in [0.1, 0.15) is 18.1 Å². The molecule has 1 heterocycles. The van der Waals surface area contributed by atoms with Crippen LogP contribution in [-0.4, -0.2) is 17.3 Å². The first kappa shape index (κ1) is 14.1. The third kappa shape index (κ3) is 3.25. The van der Waals surface area contributed by atoms with E-state index in [-0.39, 0.29) is 0 Å². The van der Waals surface area contributed by atoms with Crippen molar-refractivity contribution >= 4 is 0 Å². The SMILES string of the molecule is COc1ccc(COc2cccc(-c3nnc(C)o3)c2)cc1. The molecular formula is C17H16N2O3. The van der Waals surface area contributed by atoms with Gasteiger partial charge in [-0.15, -0.1) is 10.2 Å². The minimum Gasteiger partial charge on any atom is -0.497 e.